The zero-order valence-electron chi connectivity index (χ0n) is 22.3. The summed E-state index contributed by atoms with van der Waals surface area (Å²) in [5.41, 5.74) is 4.04. The number of fused-ring (bicyclic) bond motifs is 2. The normalized spacial score (nSPS) is 25.6. The summed E-state index contributed by atoms with van der Waals surface area (Å²) in [6.45, 7) is 8.26. The van der Waals surface area contributed by atoms with E-state index in [4.69, 9.17) is 4.74 Å². The molecule has 0 radical (unpaired) electrons. The molecular weight excluding hydrogens is 476 g/mol. The number of benzene rings is 3. The second-order valence-electron chi connectivity index (χ2n) is 11.4. The Hall–Kier alpha value is -3.41. The molecule has 0 unspecified atom stereocenters. The number of carbonyl (C=O) groups is 1. The number of ether oxygens (including phenoxy) is 1. The SMILES string of the molecule is C=C1[C@H]2CC[C@@](C(=O)CCc3cccc(-c4ccc(Cc5ccc(O)cc5)c(O)c4)c3)(C1(C)C)[C@@]2(O)OC. The van der Waals surface area contributed by atoms with Gasteiger partial charge < -0.3 is 20.1 Å². The number of aromatic hydroxyl groups is 2. The van der Waals surface area contributed by atoms with Crippen molar-refractivity contribution in [3.63, 3.8) is 0 Å². The van der Waals surface area contributed by atoms with Crippen molar-refractivity contribution in [2.75, 3.05) is 7.11 Å². The van der Waals surface area contributed by atoms with Crippen LogP contribution in [-0.2, 0) is 22.4 Å². The third-order valence-electron chi connectivity index (χ3n) is 9.29. The van der Waals surface area contributed by atoms with Crippen molar-refractivity contribution < 1.29 is 24.9 Å². The number of aryl methyl sites for hydroxylation is 1. The Kier molecular flexibility index (Phi) is 6.49. The monoisotopic (exact) mass is 512 g/mol. The van der Waals surface area contributed by atoms with Crippen LogP contribution in [0.25, 0.3) is 11.1 Å². The fourth-order valence-electron chi connectivity index (χ4n) is 7.02. The van der Waals surface area contributed by atoms with Gasteiger partial charge in [-0.2, -0.15) is 0 Å². The summed E-state index contributed by atoms with van der Waals surface area (Å²) in [7, 11) is 1.49. The van der Waals surface area contributed by atoms with Crippen molar-refractivity contribution in [2.24, 2.45) is 16.7 Å². The maximum atomic E-state index is 13.8. The first-order valence-corrected chi connectivity index (χ1v) is 13.2. The van der Waals surface area contributed by atoms with Crippen LogP contribution in [0.4, 0.5) is 0 Å². The molecule has 2 aliphatic carbocycles. The molecule has 198 valence electrons. The lowest BCUT2D eigenvalue weighted by Crippen LogP contribution is -2.55. The Labute approximate surface area is 224 Å². The molecule has 5 heteroatoms. The minimum absolute atomic E-state index is 0.0228. The molecule has 2 fully saturated rings. The molecule has 3 aromatic rings. The molecule has 0 saturated heterocycles. The van der Waals surface area contributed by atoms with Gasteiger partial charge in [-0.05, 0) is 65.3 Å². The van der Waals surface area contributed by atoms with Crippen molar-refractivity contribution >= 4 is 5.78 Å². The number of Topliss-reactive ketones (excluding diaryl/α,β-unsaturated/α-hetero) is 1. The van der Waals surface area contributed by atoms with E-state index in [0.717, 1.165) is 33.4 Å². The lowest BCUT2D eigenvalue weighted by atomic mass is 9.59. The lowest BCUT2D eigenvalue weighted by Gasteiger charge is -2.45. The van der Waals surface area contributed by atoms with E-state index in [1.807, 2.05) is 56.3 Å². The number of carbonyl (C=O) groups excluding carboxylic acids is 1. The largest absolute Gasteiger partial charge is 0.508 e. The van der Waals surface area contributed by atoms with E-state index >= 15 is 0 Å². The zero-order valence-corrected chi connectivity index (χ0v) is 22.3. The second-order valence-corrected chi connectivity index (χ2v) is 11.4. The minimum Gasteiger partial charge on any atom is -0.508 e. The van der Waals surface area contributed by atoms with Crippen LogP contribution in [0.15, 0.2) is 78.9 Å². The number of aliphatic hydroxyl groups is 1. The van der Waals surface area contributed by atoms with Crippen molar-refractivity contribution in [3.05, 3.63) is 95.6 Å². The van der Waals surface area contributed by atoms with E-state index in [-0.39, 0.29) is 23.2 Å². The minimum atomic E-state index is -1.51. The number of ketones is 1. The van der Waals surface area contributed by atoms with E-state index in [2.05, 4.69) is 12.6 Å². The van der Waals surface area contributed by atoms with Crippen LogP contribution in [0.1, 0.15) is 49.8 Å². The molecule has 3 atom stereocenters. The third kappa shape index (κ3) is 3.88. The molecular formula is C33H36O5. The van der Waals surface area contributed by atoms with Crippen LogP contribution < -0.4 is 0 Å². The van der Waals surface area contributed by atoms with Gasteiger partial charge in [0.1, 0.15) is 17.3 Å². The van der Waals surface area contributed by atoms with E-state index in [9.17, 15) is 20.1 Å². The molecule has 2 aliphatic rings. The van der Waals surface area contributed by atoms with E-state index in [0.29, 0.717) is 32.1 Å². The third-order valence-corrected chi connectivity index (χ3v) is 9.29. The van der Waals surface area contributed by atoms with Crippen LogP contribution >= 0.6 is 0 Å². The highest BCUT2D eigenvalue weighted by molar-refractivity contribution is 5.89. The summed E-state index contributed by atoms with van der Waals surface area (Å²) >= 11 is 0. The molecule has 5 nitrogen and oxygen atoms in total. The van der Waals surface area contributed by atoms with E-state index < -0.39 is 16.6 Å². The van der Waals surface area contributed by atoms with Crippen LogP contribution in [0.2, 0.25) is 0 Å². The van der Waals surface area contributed by atoms with E-state index in [1.165, 1.54) is 7.11 Å². The predicted molar refractivity (Wildman–Crippen MR) is 148 cm³/mol. The van der Waals surface area contributed by atoms with Crippen LogP contribution in [0.3, 0.4) is 0 Å². The standard InChI is InChI=1S/C33H36O5/c1-21-28-16-17-32(31(21,2)3,33(28,37)38-4)30(36)15-10-22-6-5-7-24(18-22)25-11-12-26(29(35)20-25)19-23-8-13-27(34)14-9-23/h5-9,11-14,18,20,28,34-35,37H,1,10,15-17,19H2,2-4H3/t28-,32-,33+/m1/s1. The van der Waals surface area contributed by atoms with Gasteiger partial charge in [0.05, 0.1) is 5.41 Å². The van der Waals surface area contributed by atoms with Gasteiger partial charge in [-0.15, -0.1) is 0 Å². The Morgan fingerprint density at radius 3 is 2.39 bits per heavy atom. The fraction of sp³-hybridized carbons (Fsp3) is 0.364. The van der Waals surface area contributed by atoms with Crippen LogP contribution in [0, 0.1) is 16.7 Å². The van der Waals surface area contributed by atoms with Gasteiger partial charge in [0.25, 0.3) is 0 Å². The lowest BCUT2D eigenvalue weighted by molar-refractivity contribution is -0.252. The average Bonchev–Trinajstić information content (AvgIpc) is 3.28. The van der Waals surface area contributed by atoms with Gasteiger partial charge >= 0.3 is 0 Å². The Morgan fingerprint density at radius 1 is 1.00 bits per heavy atom. The smallest absolute Gasteiger partial charge is 0.185 e. The van der Waals surface area contributed by atoms with Gasteiger partial charge in [-0.1, -0.05) is 74.5 Å². The molecule has 0 aliphatic heterocycles. The summed E-state index contributed by atoms with van der Waals surface area (Å²) in [5, 5.41) is 31.7. The highest BCUT2D eigenvalue weighted by atomic mass is 16.6. The molecule has 3 aromatic carbocycles. The second kappa shape index (κ2) is 9.40. The maximum Gasteiger partial charge on any atom is 0.185 e. The molecule has 2 saturated carbocycles. The number of phenols is 2. The summed E-state index contributed by atoms with van der Waals surface area (Å²) in [5.74, 6) is -1.28. The molecule has 0 spiro atoms. The molecule has 2 bridgehead atoms. The quantitative estimate of drug-likeness (QED) is 0.248. The van der Waals surface area contributed by atoms with E-state index in [1.54, 1.807) is 18.2 Å². The molecule has 5 rings (SSSR count). The van der Waals surface area contributed by atoms with Gasteiger partial charge in [0.2, 0.25) is 0 Å². The molecule has 3 N–H and O–H groups in total. The Balaban J connectivity index is 1.32. The van der Waals surface area contributed by atoms with Crippen molar-refractivity contribution in [1.29, 1.82) is 0 Å². The number of hydrogen-bond donors (Lipinski definition) is 3. The average molecular weight is 513 g/mol. The molecule has 38 heavy (non-hydrogen) atoms. The van der Waals surface area contributed by atoms with Crippen LogP contribution in [-0.4, -0.2) is 34.0 Å². The van der Waals surface area contributed by atoms with Gasteiger partial charge in [-0.25, -0.2) is 0 Å². The number of methoxy groups -OCH3 is 1. The Bertz CT molecular complexity index is 1390. The number of hydrogen-bond acceptors (Lipinski definition) is 5. The number of phenolic OH excluding ortho intramolecular Hbond substituents is 2. The first-order valence-electron chi connectivity index (χ1n) is 13.2. The predicted octanol–water partition coefficient (Wildman–Crippen LogP) is 6.18. The summed E-state index contributed by atoms with van der Waals surface area (Å²) in [4.78, 5) is 13.8. The van der Waals surface area contributed by atoms with Crippen molar-refractivity contribution in [2.45, 2.75) is 51.7 Å². The Morgan fingerprint density at radius 2 is 1.71 bits per heavy atom. The zero-order chi connectivity index (χ0) is 27.3. The molecule has 0 heterocycles. The first kappa shape index (κ1) is 26.2. The van der Waals surface area contributed by atoms with Gasteiger partial charge in [0, 0.05) is 31.3 Å². The fourth-order valence-corrected chi connectivity index (χ4v) is 7.02. The van der Waals surface area contributed by atoms with Crippen molar-refractivity contribution in [3.8, 4) is 22.6 Å². The highest BCUT2D eigenvalue weighted by Crippen LogP contribution is 2.72. The summed E-state index contributed by atoms with van der Waals surface area (Å²) in [6.07, 6.45) is 2.72. The highest BCUT2D eigenvalue weighted by Gasteiger charge is 2.76. The maximum absolute atomic E-state index is 13.8. The summed E-state index contributed by atoms with van der Waals surface area (Å²) in [6, 6.07) is 20.7. The van der Waals surface area contributed by atoms with Crippen LogP contribution in [0.5, 0.6) is 11.5 Å². The topological polar surface area (TPSA) is 87.0 Å². The molecule has 0 aromatic heterocycles. The van der Waals surface area contributed by atoms with Gasteiger partial charge in [0.15, 0.2) is 5.79 Å². The first-order chi connectivity index (χ1) is 18.0. The van der Waals surface area contributed by atoms with Crippen molar-refractivity contribution in [1.82, 2.24) is 0 Å². The summed E-state index contributed by atoms with van der Waals surface area (Å²) < 4.78 is 5.65. The number of rotatable bonds is 8. The molecule has 0 amide bonds. The van der Waals surface area contributed by atoms with Gasteiger partial charge in [-0.3, -0.25) is 4.79 Å².